The molecule has 11 heteroatoms. The van der Waals surface area contributed by atoms with Crippen molar-refractivity contribution < 1.29 is 29.0 Å². The molecule has 0 saturated carbocycles. The molecule has 0 aliphatic carbocycles. The summed E-state index contributed by atoms with van der Waals surface area (Å²) in [5.74, 6) is -2.20. The number of carbonyl (C=O) groups excluding carboxylic acids is 3. The summed E-state index contributed by atoms with van der Waals surface area (Å²) in [4.78, 5) is 59.5. The number of fused-ring (bicyclic) bond motifs is 1. The van der Waals surface area contributed by atoms with Crippen molar-refractivity contribution in [1.29, 1.82) is 0 Å². The second-order valence-electron chi connectivity index (χ2n) is 6.99. The Morgan fingerprint density at radius 2 is 1.45 bits per heavy atom. The number of hydrogen-bond donors (Lipinski definition) is 0. The Morgan fingerprint density at radius 1 is 0.818 bits per heavy atom. The third kappa shape index (κ3) is 4.02. The van der Waals surface area contributed by atoms with E-state index < -0.39 is 27.6 Å². The predicted octanol–water partition coefficient (Wildman–Crippen LogP) is 3.66. The van der Waals surface area contributed by atoms with Crippen LogP contribution in [0.2, 0.25) is 0 Å². The molecule has 2 amide bonds. The highest BCUT2D eigenvalue weighted by Gasteiger charge is 2.37. The van der Waals surface area contributed by atoms with Crippen LogP contribution in [0.15, 0.2) is 66.7 Å². The maximum absolute atomic E-state index is 12.9. The highest BCUT2D eigenvalue weighted by atomic mass is 16.6. The standard InChI is InChI=1S/C22H13N3O8/c26-20-18-8-7-14(22(28)33-12-13-3-1-5-16(9-13)24(29)30)10-19(18)21(27)23(20)15-4-2-6-17(11-15)25(31)32/h1-11H,12H2. The first kappa shape index (κ1) is 21.3. The Morgan fingerprint density at radius 3 is 2.15 bits per heavy atom. The smallest absolute Gasteiger partial charge is 0.338 e. The minimum atomic E-state index is -0.793. The first-order valence-corrected chi connectivity index (χ1v) is 9.44. The molecule has 33 heavy (non-hydrogen) atoms. The molecule has 3 aromatic carbocycles. The van der Waals surface area contributed by atoms with Crippen LogP contribution in [-0.2, 0) is 11.3 Å². The van der Waals surface area contributed by atoms with Crippen LogP contribution >= 0.6 is 0 Å². The number of anilines is 1. The van der Waals surface area contributed by atoms with Crippen molar-refractivity contribution in [3.63, 3.8) is 0 Å². The molecular weight excluding hydrogens is 434 g/mol. The summed E-state index contributed by atoms with van der Waals surface area (Å²) in [6, 6.07) is 14.5. The number of hydrogen-bond acceptors (Lipinski definition) is 8. The van der Waals surface area contributed by atoms with Gasteiger partial charge in [0.2, 0.25) is 0 Å². The van der Waals surface area contributed by atoms with Gasteiger partial charge in [0.25, 0.3) is 23.2 Å². The van der Waals surface area contributed by atoms with Gasteiger partial charge in [-0.3, -0.25) is 29.8 Å². The van der Waals surface area contributed by atoms with Gasteiger partial charge in [-0.15, -0.1) is 0 Å². The van der Waals surface area contributed by atoms with E-state index in [9.17, 15) is 34.6 Å². The third-order valence-electron chi connectivity index (χ3n) is 4.91. The second-order valence-corrected chi connectivity index (χ2v) is 6.99. The molecule has 11 nitrogen and oxygen atoms in total. The maximum atomic E-state index is 12.9. The van der Waals surface area contributed by atoms with E-state index in [1.54, 1.807) is 6.07 Å². The molecule has 0 spiro atoms. The van der Waals surface area contributed by atoms with Gasteiger partial charge in [-0.25, -0.2) is 9.69 Å². The number of rotatable bonds is 6. The number of ether oxygens (including phenoxy) is 1. The highest BCUT2D eigenvalue weighted by molar-refractivity contribution is 6.34. The summed E-state index contributed by atoms with van der Waals surface area (Å²) in [7, 11) is 0. The molecule has 0 fully saturated rings. The van der Waals surface area contributed by atoms with Crippen molar-refractivity contribution in [2.45, 2.75) is 6.61 Å². The molecule has 4 rings (SSSR count). The van der Waals surface area contributed by atoms with E-state index in [4.69, 9.17) is 4.74 Å². The van der Waals surface area contributed by atoms with Crippen LogP contribution in [0.25, 0.3) is 0 Å². The lowest BCUT2D eigenvalue weighted by molar-refractivity contribution is -0.385. The molecule has 1 aliphatic heterocycles. The van der Waals surface area contributed by atoms with Gasteiger partial charge in [0, 0.05) is 24.3 Å². The number of imide groups is 1. The van der Waals surface area contributed by atoms with E-state index >= 15 is 0 Å². The average Bonchev–Trinajstić information content (AvgIpc) is 3.07. The summed E-state index contributed by atoms with van der Waals surface area (Å²) in [6.07, 6.45) is 0. The summed E-state index contributed by atoms with van der Waals surface area (Å²) in [6.45, 7) is -0.232. The molecule has 3 aromatic rings. The van der Waals surface area contributed by atoms with Crippen LogP contribution in [0.5, 0.6) is 0 Å². The van der Waals surface area contributed by atoms with Crippen molar-refractivity contribution in [2.24, 2.45) is 0 Å². The molecule has 0 bridgehead atoms. The fourth-order valence-electron chi connectivity index (χ4n) is 3.34. The van der Waals surface area contributed by atoms with Crippen LogP contribution in [-0.4, -0.2) is 27.6 Å². The van der Waals surface area contributed by atoms with Gasteiger partial charge in [-0.2, -0.15) is 0 Å². The number of nitro groups is 2. The monoisotopic (exact) mass is 447 g/mol. The van der Waals surface area contributed by atoms with Gasteiger partial charge in [0.1, 0.15) is 6.61 Å². The van der Waals surface area contributed by atoms with Crippen LogP contribution in [0, 0.1) is 20.2 Å². The average molecular weight is 447 g/mol. The van der Waals surface area contributed by atoms with Crippen LogP contribution in [0.4, 0.5) is 17.1 Å². The molecule has 164 valence electrons. The Bertz CT molecular complexity index is 1350. The normalized spacial score (nSPS) is 12.4. The van der Waals surface area contributed by atoms with Crippen molar-refractivity contribution >= 4 is 34.8 Å². The molecule has 0 aromatic heterocycles. The van der Waals surface area contributed by atoms with E-state index in [0.29, 0.717) is 5.56 Å². The fraction of sp³-hybridized carbons (Fsp3) is 0.0455. The lowest BCUT2D eigenvalue weighted by atomic mass is 10.1. The quantitative estimate of drug-likeness (QED) is 0.240. The SMILES string of the molecule is O=C(OCc1cccc([N+](=O)[O-])c1)c1ccc2c(c1)C(=O)N(c1cccc([N+](=O)[O-])c1)C2=O. The fourth-order valence-corrected chi connectivity index (χ4v) is 3.34. The first-order valence-electron chi connectivity index (χ1n) is 9.44. The Balaban J connectivity index is 1.55. The zero-order valence-corrected chi connectivity index (χ0v) is 16.7. The third-order valence-corrected chi connectivity index (χ3v) is 4.91. The molecular formula is C22H13N3O8. The number of non-ortho nitro benzene ring substituents is 2. The minimum absolute atomic E-state index is 0.00113. The molecule has 0 unspecified atom stereocenters. The molecule has 0 radical (unpaired) electrons. The number of benzene rings is 3. The van der Waals surface area contributed by atoms with Crippen molar-refractivity contribution in [3.8, 4) is 0 Å². The molecule has 0 atom stereocenters. The lowest BCUT2D eigenvalue weighted by Gasteiger charge is -2.13. The summed E-state index contributed by atoms with van der Waals surface area (Å²) in [5, 5.41) is 21.9. The summed E-state index contributed by atoms with van der Waals surface area (Å²) >= 11 is 0. The summed E-state index contributed by atoms with van der Waals surface area (Å²) < 4.78 is 5.18. The van der Waals surface area contributed by atoms with E-state index in [1.165, 1.54) is 54.6 Å². The van der Waals surface area contributed by atoms with Gasteiger partial charge >= 0.3 is 5.97 Å². The number of amides is 2. The highest BCUT2D eigenvalue weighted by Crippen LogP contribution is 2.31. The van der Waals surface area contributed by atoms with E-state index in [2.05, 4.69) is 0 Å². The van der Waals surface area contributed by atoms with Gasteiger partial charge in [-0.1, -0.05) is 18.2 Å². The largest absolute Gasteiger partial charge is 0.457 e. The maximum Gasteiger partial charge on any atom is 0.338 e. The van der Waals surface area contributed by atoms with Crippen LogP contribution in [0.1, 0.15) is 36.6 Å². The number of esters is 1. The van der Waals surface area contributed by atoms with Gasteiger partial charge in [0.05, 0.1) is 32.2 Å². The van der Waals surface area contributed by atoms with Crippen LogP contribution < -0.4 is 4.90 Å². The predicted molar refractivity (Wildman–Crippen MR) is 113 cm³/mol. The Labute approximate surface area is 185 Å². The number of nitrogens with zero attached hydrogens (tertiary/aromatic N) is 3. The Hall–Kier alpha value is -4.93. The molecule has 0 saturated heterocycles. The van der Waals surface area contributed by atoms with E-state index in [-0.39, 0.29) is 40.4 Å². The Kier molecular flexibility index (Phi) is 5.36. The topological polar surface area (TPSA) is 150 Å². The van der Waals surface area contributed by atoms with Crippen molar-refractivity contribution in [2.75, 3.05) is 4.90 Å². The zero-order valence-electron chi connectivity index (χ0n) is 16.7. The van der Waals surface area contributed by atoms with Crippen LogP contribution in [0.3, 0.4) is 0 Å². The number of nitro benzene ring substituents is 2. The molecule has 1 heterocycles. The molecule has 0 N–H and O–H groups in total. The minimum Gasteiger partial charge on any atom is -0.457 e. The second kappa shape index (κ2) is 8.30. The van der Waals surface area contributed by atoms with Crippen molar-refractivity contribution in [1.82, 2.24) is 0 Å². The van der Waals surface area contributed by atoms with Gasteiger partial charge in [-0.05, 0) is 29.8 Å². The van der Waals surface area contributed by atoms with Gasteiger partial charge in [0.15, 0.2) is 0 Å². The van der Waals surface area contributed by atoms with Gasteiger partial charge < -0.3 is 4.74 Å². The first-order chi connectivity index (χ1) is 15.8. The summed E-state index contributed by atoms with van der Waals surface area (Å²) in [5.41, 5.74) is 0.00665. The lowest BCUT2D eigenvalue weighted by Crippen LogP contribution is -2.29. The zero-order chi connectivity index (χ0) is 23.7. The number of carbonyl (C=O) groups is 3. The van der Waals surface area contributed by atoms with E-state index in [0.717, 1.165) is 11.0 Å². The van der Waals surface area contributed by atoms with E-state index in [1.807, 2.05) is 0 Å². The van der Waals surface area contributed by atoms with Crippen molar-refractivity contribution in [3.05, 3.63) is 109 Å². The molecule has 1 aliphatic rings.